The Morgan fingerprint density at radius 1 is 0.531 bits per heavy atom. The van der Waals surface area contributed by atoms with E-state index in [-0.39, 0.29) is 38.4 Å². The van der Waals surface area contributed by atoms with Crippen LogP contribution in [0.1, 0.15) is 103 Å². The molecule has 0 saturated carbocycles. The third-order valence-electron chi connectivity index (χ3n) is 2.54. The molecule has 0 rings (SSSR count). The molecule has 0 amide bonds. The van der Waals surface area contributed by atoms with Gasteiger partial charge in [-0.25, -0.2) is 0 Å². The highest BCUT2D eigenvalue weighted by Crippen LogP contribution is 2.08. The molecule has 0 heterocycles. The van der Waals surface area contributed by atoms with Crippen LogP contribution < -0.4 is 0 Å². The van der Waals surface area contributed by atoms with E-state index in [9.17, 15) is 19.2 Å². The molecule has 0 aromatic carbocycles. The molecule has 0 aromatic rings. The van der Waals surface area contributed by atoms with Crippen LogP contribution >= 0.6 is 0 Å². The highest BCUT2D eigenvalue weighted by atomic mass is 16.6. The van der Waals surface area contributed by atoms with Crippen molar-refractivity contribution in [2.45, 2.75) is 116 Å². The molecule has 0 bridgehead atoms. The van der Waals surface area contributed by atoms with E-state index in [1.807, 2.05) is 6.92 Å². The van der Waals surface area contributed by atoms with Gasteiger partial charge in [0.05, 0.1) is 27.4 Å². The molecule has 49 heavy (non-hydrogen) atoms. The van der Waals surface area contributed by atoms with Crippen molar-refractivity contribution in [1.82, 2.24) is 0 Å². The number of carbonyl (C=O) groups is 4. The monoisotopic (exact) mass is 725 g/mol. The molecule has 304 valence electrons. The summed E-state index contributed by atoms with van der Waals surface area (Å²) in [7, 11) is 10.6. The van der Waals surface area contributed by atoms with E-state index in [0.29, 0.717) is 5.41 Å². The number of methoxy groups -OCH3 is 6. The molecular weight excluding hydrogens is 644 g/mol. The van der Waals surface area contributed by atoms with E-state index in [2.05, 4.69) is 100 Å². The van der Waals surface area contributed by atoms with E-state index < -0.39 is 24.1 Å². The van der Waals surface area contributed by atoms with E-state index in [4.69, 9.17) is 10.2 Å². The summed E-state index contributed by atoms with van der Waals surface area (Å²) in [4.78, 5) is 39.5. The average molecular weight is 725 g/mol. The lowest BCUT2D eigenvalue weighted by Crippen LogP contribution is -2.22. The summed E-state index contributed by atoms with van der Waals surface area (Å²) < 4.78 is 35.2. The number of hydrogen-bond acceptors (Lipinski definition) is 14. The van der Waals surface area contributed by atoms with Gasteiger partial charge in [0.15, 0.2) is 0 Å². The number of ether oxygens (including phenoxy) is 8. The van der Waals surface area contributed by atoms with Crippen molar-refractivity contribution in [2.24, 2.45) is 11.3 Å². The minimum Gasteiger partial charge on any atom is -0.469 e. The Balaban J connectivity index is -0.0000000545. The van der Waals surface area contributed by atoms with Crippen LogP contribution in [0, 0.1) is 11.3 Å². The molecule has 0 radical (unpaired) electrons. The highest BCUT2D eigenvalue weighted by molar-refractivity contribution is 5.66. The summed E-state index contributed by atoms with van der Waals surface area (Å²) >= 11 is 0. The Morgan fingerprint density at radius 3 is 0.776 bits per heavy atom. The second-order valence-corrected chi connectivity index (χ2v) is 11.6. The highest BCUT2D eigenvalue weighted by Gasteiger charge is 2.04. The smallest absolute Gasteiger partial charge is 0.302 e. The zero-order valence-electron chi connectivity index (χ0n) is 35.3. The Morgan fingerprint density at radius 2 is 0.694 bits per heavy atom. The van der Waals surface area contributed by atoms with Gasteiger partial charge in [-0.1, -0.05) is 68.7 Å². The van der Waals surface area contributed by atoms with E-state index in [0.717, 1.165) is 12.5 Å². The van der Waals surface area contributed by atoms with Crippen LogP contribution in [0.4, 0.5) is 0 Å². The van der Waals surface area contributed by atoms with Crippen LogP contribution in [0.25, 0.3) is 0 Å². The number of hydrogen-bond donors (Lipinski definition) is 2. The second-order valence-electron chi connectivity index (χ2n) is 11.6. The van der Waals surface area contributed by atoms with Crippen molar-refractivity contribution < 1.29 is 67.3 Å². The number of aliphatic hydroxyl groups excluding tert-OH is 2. The van der Waals surface area contributed by atoms with E-state index in [1.54, 1.807) is 21.3 Å². The molecule has 14 heteroatoms. The summed E-state index contributed by atoms with van der Waals surface area (Å²) in [5.74, 6) is -0.444. The molecule has 14 nitrogen and oxygen atoms in total. The van der Waals surface area contributed by atoms with Gasteiger partial charge < -0.3 is 48.1 Å². The molecule has 0 aromatic heterocycles. The molecule has 0 fully saturated rings. The van der Waals surface area contributed by atoms with Gasteiger partial charge in [-0.2, -0.15) is 0 Å². The van der Waals surface area contributed by atoms with Gasteiger partial charge in [0, 0.05) is 69.9 Å². The van der Waals surface area contributed by atoms with E-state index in [1.165, 1.54) is 62.6 Å². The maximum Gasteiger partial charge on any atom is 0.302 e. The summed E-state index contributed by atoms with van der Waals surface area (Å²) in [5, 5.41) is 17.8. The predicted octanol–water partition coefficient (Wildman–Crippen LogP) is 5.52. The Kier molecular flexibility index (Phi) is 85.2. The fourth-order valence-electron chi connectivity index (χ4n) is 0.908. The van der Waals surface area contributed by atoms with Crippen molar-refractivity contribution in [3.8, 4) is 0 Å². The van der Waals surface area contributed by atoms with Crippen LogP contribution in [0.2, 0.25) is 0 Å². The van der Waals surface area contributed by atoms with Gasteiger partial charge in [0.1, 0.15) is 25.4 Å². The molecule has 2 atom stereocenters. The Bertz CT molecular complexity index is 569. The van der Waals surface area contributed by atoms with Gasteiger partial charge in [-0.05, 0) is 18.3 Å². The van der Waals surface area contributed by atoms with Crippen molar-refractivity contribution >= 4 is 23.9 Å². The third-order valence-corrected chi connectivity index (χ3v) is 2.54. The molecule has 2 unspecified atom stereocenters. The lowest BCUT2D eigenvalue weighted by atomic mass is 10.0. The van der Waals surface area contributed by atoms with Crippen LogP contribution in [0.15, 0.2) is 0 Å². The fourth-order valence-corrected chi connectivity index (χ4v) is 0.908. The van der Waals surface area contributed by atoms with Crippen molar-refractivity contribution in [1.29, 1.82) is 0 Å². The quantitative estimate of drug-likeness (QED) is 0.224. The maximum atomic E-state index is 10.2. The summed E-state index contributed by atoms with van der Waals surface area (Å²) in [5.41, 5.74) is 0.500. The van der Waals surface area contributed by atoms with Gasteiger partial charge >= 0.3 is 23.9 Å². The van der Waals surface area contributed by atoms with Gasteiger partial charge in [-0.15, -0.1) is 0 Å². The van der Waals surface area contributed by atoms with Crippen LogP contribution in [-0.2, 0) is 57.1 Å². The lowest BCUT2D eigenvalue weighted by molar-refractivity contribution is -0.145. The Hall–Kier alpha value is -2.36. The lowest BCUT2D eigenvalue weighted by Gasteiger charge is -2.07. The number of rotatable bonds is 9. The maximum absolute atomic E-state index is 10.2. The first-order chi connectivity index (χ1) is 22.3. The minimum absolute atomic E-state index is 0.00315. The predicted molar refractivity (Wildman–Crippen MR) is 197 cm³/mol. The van der Waals surface area contributed by atoms with Crippen molar-refractivity contribution in [3.05, 3.63) is 0 Å². The fraction of sp³-hybridized carbons (Fsp3) is 0.886. The summed E-state index contributed by atoms with van der Waals surface area (Å²) in [6.07, 6.45) is -0.178. The molecule has 0 aliphatic carbocycles. The summed E-state index contributed by atoms with van der Waals surface area (Å²) in [6.45, 7) is 28.0. The number of carbonyl (C=O) groups excluding carboxylic acids is 4. The van der Waals surface area contributed by atoms with Crippen molar-refractivity contribution in [2.75, 3.05) is 82.8 Å². The van der Waals surface area contributed by atoms with Gasteiger partial charge in [0.25, 0.3) is 0 Å². The molecular formula is C35H80O14. The SMILES string of the molecule is CC(C)(C)C.CC(C)C.CCC.CCOC.COC.COC(C)=O.COC(C)=O.COCC(O)COC(C)=O.COCC(O)COC(C)=O. The van der Waals surface area contributed by atoms with Crippen LogP contribution in [-0.4, -0.2) is 129 Å². The topological polar surface area (TPSA) is 183 Å². The van der Waals surface area contributed by atoms with Crippen LogP contribution in [0.5, 0.6) is 0 Å². The molecule has 0 aliphatic heterocycles. The molecule has 0 saturated heterocycles. The summed E-state index contributed by atoms with van der Waals surface area (Å²) in [6, 6.07) is 0. The first-order valence-corrected chi connectivity index (χ1v) is 15.9. The first kappa shape index (κ1) is 68.6. The second kappa shape index (κ2) is 60.9. The molecule has 0 aliphatic rings. The standard InChI is InChI=1S/2C6H12O4.C5H12.C4H10.2C3H6O2.C3H8O.C3H8.C2H6O/c2*1-5(7)10-4-6(8)3-9-2;1-5(2,3)4;1-4(2)3;2*1-3(4)5-2;1-3-4-2;2*1-3-2/h2*6,8H,3-4H2,1-2H3;1-4H3;4H,1-3H3;2*1-2H3;3H2,1-2H3;3H2,1-2H3;1-2H3. The third kappa shape index (κ3) is 250. The average Bonchev–Trinajstić information content (AvgIpc) is 2.96. The van der Waals surface area contributed by atoms with Gasteiger partial charge in [0.2, 0.25) is 0 Å². The van der Waals surface area contributed by atoms with E-state index >= 15 is 0 Å². The first-order valence-electron chi connectivity index (χ1n) is 15.9. The van der Waals surface area contributed by atoms with Crippen molar-refractivity contribution in [3.63, 3.8) is 0 Å². The minimum atomic E-state index is -0.714. The molecule has 2 N–H and O–H groups in total. The zero-order valence-corrected chi connectivity index (χ0v) is 35.3. The van der Waals surface area contributed by atoms with Gasteiger partial charge in [-0.3, -0.25) is 19.2 Å². The zero-order chi connectivity index (χ0) is 41.4. The molecule has 0 spiro atoms. The largest absolute Gasteiger partial charge is 0.469 e. The number of esters is 4. The Labute approximate surface area is 300 Å². The number of aliphatic hydroxyl groups is 2. The normalized spacial score (nSPS) is 9.88. The van der Waals surface area contributed by atoms with Crippen LogP contribution in [0.3, 0.4) is 0 Å².